The van der Waals surface area contributed by atoms with Crippen LogP contribution in [-0.4, -0.2) is 42.5 Å². The van der Waals surface area contributed by atoms with E-state index in [0.717, 1.165) is 5.69 Å². The standard InChI is InChI=1S/C13H15N3O4/c1-7-12(19)15-9-5-8(3-4-10(9)16(7)2)13(20)14-6-11(17)18/h3-5,7H,6H2,1-2H3,(H,14,20)(H,15,19)(H,17,18). The summed E-state index contributed by atoms with van der Waals surface area (Å²) in [5, 5.41) is 13.5. The lowest BCUT2D eigenvalue weighted by Crippen LogP contribution is -2.44. The van der Waals surface area contributed by atoms with Gasteiger partial charge in [-0.05, 0) is 25.1 Å². The first-order chi connectivity index (χ1) is 9.40. The van der Waals surface area contributed by atoms with Crippen LogP contribution in [0.4, 0.5) is 11.4 Å². The van der Waals surface area contributed by atoms with Gasteiger partial charge in [-0.25, -0.2) is 0 Å². The lowest BCUT2D eigenvalue weighted by Gasteiger charge is -2.33. The van der Waals surface area contributed by atoms with Gasteiger partial charge in [0.2, 0.25) is 5.91 Å². The van der Waals surface area contributed by atoms with E-state index in [2.05, 4.69) is 10.6 Å². The van der Waals surface area contributed by atoms with Crippen molar-refractivity contribution in [2.45, 2.75) is 13.0 Å². The van der Waals surface area contributed by atoms with E-state index in [0.29, 0.717) is 11.3 Å². The average molecular weight is 277 g/mol. The van der Waals surface area contributed by atoms with E-state index >= 15 is 0 Å². The number of hydrogen-bond donors (Lipinski definition) is 3. The highest BCUT2D eigenvalue weighted by Crippen LogP contribution is 2.31. The third kappa shape index (κ3) is 2.56. The Labute approximate surface area is 115 Å². The molecule has 2 rings (SSSR count). The van der Waals surface area contributed by atoms with Crippen molar-refractivity contribution >= 4 is 29.2 Å². The third-order valence-electron chi connectivity index (χ3n) is 3.26. The summed E-state index contributed by atoms with van der Waals surface area (Å²) >= 11 is 0. The number of anilines is 2. The van der Waals surface area contributed by atoms with Crippen LogP contribution in [0.15, 0.2) is 18.2 Å². The van der Waals surface area contributed by atoms with Gasteiger partial charge < -0.3 is 20.6 Å². The average Bonchev–Trinajstić information content (AvgIpc) is 2.41. The van der Waals surface area contributed by atoms with Crippen LogP contribution in [0, 0.1) is 0 Å². The molecule has 0 aromatic heterocycles. The molecule has 0 spiro atoms. The summed E-state index contributed by atoms with van der Waals surface area (Å²) in [6.07, 6.45) is 0. The van der Waals surface area contributed by atoms with E-state index in [1.807, 2.05) is 4.90 Å². The Morgan fingerprint density at radius 1 is 1.45 bits per heavy atom. The molecule has 1 aliphatic heterocycles. The highest BCUT2D eigenvalue weighted by Gasteiger charge is 2.27. The SMILES string of the molecule is CC1C(=O)Nc2cc(C(=O)NCC(=O)O)ccc2N1C. The maximum absolute atomic E-state index is 11.8. The number of carboxylic acids is 1. The largest absolute Gasteiger partial charge is 0.480 e. The van der Waals surface area contributed by atoms with E-state index in [-0.39, 0.29) is 11.9 Å². The van der Waals surface area contributed by atoms with Crippen molar-refractivity contribution in [2.24, 2.45) is 0 Å². The van der Waals surface area contributed by atoms with E-state index in [9.17, 15) is 14.4 Å². The lowest BCUT2D eigenvalue weighted by molar-refractivity contribution is -0.135. The number of likely N-dealkylation sites (N-methyl/N-ethyl adjacent to an activating group) is 1. The number of carbonyl (C=O) groups is 3. The monoisotopic (exact) mass is 277 g/mol. The maximum atomic E-state index is 11.8. The Hall–Kier alpha value is -2.57. The first kappa shape index (κ1) is 13.9. The predicted octanol–water partition coefficient (Wildman–Crippen LogP) is 0.278. The molecule has 0 fully saturated rings. The van der Waals surface area contributed by atoms with Gasteiger partial charge in [-0.2, -0.15) is 0 Å². The van der Waals surface area contributed by atoms with E-state index in [1.165, 1.54) is 6.07 Å². The van der Waals surface area contributed by atoms with Gasteiger partial charge in [0.25, 0.3) is 5.91 Å². The van der Waals surface area contributed by atoms with Gasteiger partial charge in [0.1, 0.15) is 12.6 Å². The van der Waals surface area contributed by atoms with Gasteiger partial charge >= 0.3 is 5.97 Å². The molecule has 3 N–H and O–H groups in total. The maximum Gasteiger partial charge on any atom is 0.322 e. The van der Waals surface area contributed by atoms with Gasteiger partial charge in [-0.3, -0.25) is 14.4 Å². The highest BCUT2D eigenvalue weighted by molar-refractivity contribution is 6.05. The van der Waals surface area contributed by atoms with Crippen LogP contribution in [0.1, 0.15) is 17.3 Å². The van der Waals surface area contributed by atoms with Crippen LogP contribution in [0.3, 0.4) is 0 Å². The van der Waals surface area contributed by atoms with Gasteiger partial charge in [0.15, 0.2) is 0 Å². The molecule has 0 radical (unpaired) electrons. The summed E-state index contributed by atoms with van der Waals surface area (Å²) in [5.74, 6) is -1.76. The zero-order valence-electron chi connectivity index (χ0n) is 11.1. The van der Waals surface area contributed by atoms with Crippen molar-refractivity contribution in [2.75, 3.05) is 23.8 Å². The number of amides is 2. The summed E-state index contributed by atoms with van der Waals surface area (Å²) in [6.45, 7) is 1.34. The summed E-state index contributed by atoms with van der Waals surface area (Å²) in [6, 6.07) is 4.57. The quantitative estimate of drug-likeness (QED) is 0.737. The fourth-order valence-electron chi connectivity index (χ4n) is 1.96. The smallest absolute Gasteiger partial charge is 0.322 e. The van der Waals surface area contributed by atoms with Crippen molar-refractivity contribution < 1.29 is 19.5 Å². The second-order valence-corrected chi connectivity index (χ2v) is 4.58. The molecule has 1 unspecified atom stereocenters. The Morgan fingerprint density at radius 3 is 2.80 bits per heavy atom. The molecule has 1 aliphatic rings. The lowest BCUT2D eigenvalue weighted by atomic mass is 10.1. The molecular weight excluding hydrogens is 262 g/mol. The Balaban J connectivity index is 2.24. The van der Waals surface area contributed by atoms with E-state index in [4.69, 9.17) is 5.11 Å². The van der Waals surface area contributed by atoms with Crippen molar-refractivity contribution in [1.29, 1.82) is 0 Å². The Kier molecular flexibility index (Phi) is 3.60. The first-order valence-corrected chi connectivity index (χ1v) is 6.08. The van der Waals surface area contributed by atoms with Gasteiger partial charge in [0.05, 0.1) is 11.4 Å². The highest BCUT2D eigenvalue weighted by atomic mass is 16.4. The number of carboxylic acid groups (broad SMARTS) is 1. The molecule has 1 aromatic carbocycles. The van der Waals surface area contributed by atoms with Crippen LogP contribution in [0.2, 0.25) is 0 Å². The molecule has 1 aromatic rings. The number of carbonyl (C=O) groups excluding carboxylic acids is 2. The van der Waals surface area contributed by atoms with Crippen molar-refractivity contribution in [3.8, 4) is 0 Å². The molecule has 1 atom stereocenters. The molecule has 106 valence electrons. The number of rotatable bonds is 3. The molecule has 0 bridgehead atoms. The summed E-state index contributed by atoms with van der Waals surface area (Å²) in [7, 11) is 1.80. The molecule has 7 nitrogen and oxygen atoms in total. The summed E-state index contributed by atoms with van der Waals surface area (Å²) in [5.41, 5.74) is 1.65. The molecule has 0 saturated heterocycles. The topological polar surface area (TPSA) is 98.7 Å². The van der Waals surface area contributed by atoms with Gasteiger partial charge in [-0.15, -0.1) is 0 Å². The fourth-order valence-corrected chi connectivity index (χ4v) is 1.96. The van der Waals surface area contributed by atoms with Crippen molar-refractivity contribution in [1.82, 2.24) is 5.32 Å². The van der Waals surface area contributed by atoms with Gasteiger partial charge in [-0.1, -0.05) is 0 Å². The molecule has 20 heavy (non-hydrogen) atoms. The fraction of sp³-hybridized carbons (Fsp3) is 0.308. The van der Waals surface area contributed by atoms with E-state index < -0.39 is 18.4 Å². The summed E-state index contributed by atoms with van der Waals surface area (Å²) in [4.78, 5) is 35.7. The normalized spacial score (nSPS) is 17.2. The number of fused-ring (bicyclic) bond motifs is 1. The molecule has 0 saturated carbocycles. The molecule has 7 heteroatoms. The van der Waals surface area contributed by atoms with Crippen molar-refractivity contribution in [3.63, 3.8) is 0 Å². The zero-order chi connectivity index (χ0) is 14.9. The number of aliphatic carboxylic acids is 1. The first-order valence-electron chi connectivity index (χ1n) is 6.08. The van der Waals surface area contributed by atoms with Crippen LogP contribution in [0.25, 0.3) is 0 Å². The van der Waals surface area contributed by atoms with Crippen LogP contribution in [-0.2, 0) is 9.59 Å². The third-order valence-corrected chi connectivity index (χ3v) is 3.26. The van der Waals surface area contributed by atoms with Crippen molar-refractivity contribution in [3.05, 3.63) is 23.8 Å². The van der Waals surface area contributed by atoms with Gasteiger partial charge in [0, 0.05) is 12.6 Å². The predicted molar refractivity (Wildman–Crippen MR) is 72.9 cm³/mol. The molecular formula is C13H15N3O4. The van der Waals surface area contributed by atoms with Crippen LogP contribution >= 0.6 is 0 Å². The number of nitrogens with one attached hydrogen (secondary N) is 2. The minimum Gasteiger partial charge on any atom is -0.480 e. The van der Waals surface area contributed by atoms with Crippen LogP contribution in [0.5, 0.6) is 0 Å². The number of benzene rings is 1. The Bertz CT molecular complexity index is 585. The molecule has 1 heterocycles. The number of hydrogen-bond acceptors (Lipinski definition) is 4. The molecule has 0 aliphatic carbocycles. The summed E-state index contributed by atoms with van der Waals surface area (Å²) < 4.78 is 0. The second-order valence-electron chi connectivity index (χ2n) is 4.58. The number of nitrogens with zero attached hydrogens (tertiary/aromatic N) is 1. The minimum absolute atomic E-state index is 0.150. The minimum atomic E-state index is -1.11. The second kappa shape index (κ2) is 5.20. The zero-order valence-corrected chi connectivity index (χ0v) is 11.1. The molecule has 2 amide bonds. The van der Waals surface area contributed by atoms with E-state index in [1.54, 1.807) is 26.1 Å². The van der Waals surface area contributed by atoms with Crippen LogP contribution < -0.4 is 15.5 Å². The Morgan fingerprint density at radius 2 is 2.15 bits per heavy atom.